The van der Waals surface area contributed by atoms with E-state index in [-0.39, 0.29) is 11.8 Å². The highest BCUT2D eigenvalue weighted by molar-refractivity contribution is 7.91. The van der Waals surface area contributed by atoms with Gasteiger partial charge in [0, 0.05) is 24.7 Å². The number of nitrogens with one attached hydrogen (secondary N) is 1. The van der Waals surface area contributed by atoms with Crippen molar-refractivity contribution in [3.63, 3.8) is 0 Å². The Morgan fingerprint density at radius 1 is 1.48 bits per heavy atom. The molecule has 1 N–H and O–H groups in total. The number of nitrogens with zero attached hydrogens (tertiary/aromatic N) is 2. The summed E-state index contributed by atoms with van der Waals surface area (Å²) in [4.78, 5) is 4.65. The molecule has 0 radical (unpaired) electrons. The van der Waals surface area contributed by atoms with E-state index in [1.165, 1.54) is 6.20 Å². The third-order valence-electron chi connectivity index (χ3n) is 3.98. The number of fused-ring (bicyclic) bond motifs is 3. The molecule has 120 valence electrons. The van der Waals surface area contributed by atoms with Gasteiger partial charge in [-0.25, -0.2) is 8.42 Å². The van der Waals surface area contributed by atoms with Gasteiger partial charge in [0.2, 0.25) is 0 Å². The average molecular weight is 331 g/mol. The number of pyridine rings is 1. The number of rotatable bonds is 4. The molecule has 0 bridgehead atoms. The minimum absolute atomic E-state index is 0.0217. The Bertz CT molecular complexity index is 916. The van der Waals surface area contributed by atoms with Crippen molar-refractivity contribution in [2.45, 2.75) is 24.3 Å². The van der Waals surface area contributed by atoms with Crippen molar-refractivity contribution in [3.05, 3.63) is 29.5 Å². The van der Waals surface area contributed by atoms with Gasteiger partial charge in [-0.3, -0.25) is 4.98 Å². The predicted octanol–water partition coefficient (Wildman–Crippen LogP) is 1.88. The molecule has 1 aromatic carbocycles. The van der Waals surface area contributed by atoms with Crippen molar-refractivity contribution in [1.82, 2.24) is 4.98 Å². The van der Waals surface area contributed by atoms with E-state index < -0.39 is 9.84 Å². The SMILES string of the molecule is COCC(C)Nc1c(C#N)cnc2ccc3c(c12)CCS3(=O)=O. The molecule has 2 heterocycles. The monoisotopic (exact) mass is 331 g/mol. The number of aryl methyl sites for hydroxylation is 1. The van der Waals surface area contributed by atoms with Crippen LogP contribution in [0, 0.1) is 11.3 Å². The minimum atomic E-state index is -3.24. The Balaban J connectivity index is 2.28. The lowest BCUT2D eigenvalue weighted by Gasteiger charge is -2.18. The second-order valence-electron chi connectivity index (χ2n) is 5.66. The molecule has 2 aromatic rings. The van der Waals surface area contributed by atoms with Crippen molar-refractivity contribution in [2.24, 2.45) is 0 Å². The second-order valence-corrected chi connectivity index (χ2v) is 7.74. The quantitative estimate of drug-likeness (QED) is 0.919. The van der Waals surface area contributed by atoms with Crippen LogP contribution < -0.4 is 5.32 Å². The zero-order valence-corrected chi connectivity index (χ0v) is 13.8. The fourth-order valence-electron chi connectivity index (χ4n) is 2.99. The van der Waals surface area contributed by atoms with Crippen molar-refractivity contribution in [3.8, 4) is 6.07 Å². The molecule has 1 atom stereocenters. The van der Waals surface area contributed by atoms with Gasteiger partial charge in [0.1, 0.15) is 6.07 Å². The summed E-state index contributed by atoms with van der Waals surface area (Å²) in [6, 6.07) is 5.42. The molecule has 0 saturated carbocycles. The van der Waals surface area contributed by atoms with Crippen molar-refractivity contribution in [1.29, 1.82) is 5.26 Å². The summed E-state index contributed by atoms with van der Waals surface area (Å²) in [6.07, 6.45) is 1.96. The lowest BCUT2D eigenvalue weighted by molar-refractivity contribution is 0.190. The van der Waals surface area contributed by atoms with Gasteiger partial charge in [-0.2, -0.15) is 5.26 Å². The average Bonchev–Trinajstić information content (AvgIpc) is 2.83. The predicted molar refractivity (Wildman–Crippen MR) is 87.2 cm³/mol. The summed E-state index contributed by atoms with van der Waals surface area (Å²) in [5, 5.41) is 13.4. The fraction of sp³-hybridized carbons (Fsp3) is 0.375. The Labute approximate surface area is 135 Å². The van der Waals surface area contributed by atoms with E-state index >= 15 is 0 Å². The highest BCUT2D eigenvalue weighted by Gasteiger charge is 2.29. The lowest BCUT2D eigenvalue weighted by atomic mass is 10.0. The van der Waals surface area contributed by atoms with Gasteiger partial charge in [-0.15, -0.1) is 0 Å². The molecule has 3 rings (SSSR count). The molecule has 0 fully saturated rings. The molecule has 1 aliphatic heterocycles. The summed E-state index contributed by atoms with van der Waals surface area (Å²) >= 11 is 0. The molecule has 1 unspecified atom stereocenters. The number of hydrogen-bond donors (Lipinski definition) is 1. The molecule has 7 heteroatoms. The number of methoxy groups -OCH3 is 1. The molecule has 0 saturated heterocycles. The Hall–Kier alpha value is -2.17. The van der Waals surface area contributed by atoms with Gasteiger partial charge in [0.15, 0.2) is 9.84 Å². The van der Waals surface area contributed by atoms with E-state index in [0.717, 1.165) is 10.9 Å². The van der Waals surface area contributed by atoms with Crippen LogP contribution in [0.5, 0.6) is 0 Å². The molecule has 1 aromatic heterocycles. The van der Waals surface area contributed by atoms with Crippen LogP contribution in [0.4, 0.5) is 5.69 Å². The van der Waals surface area contributed by atoms with Crippen LogP contribution in [0.1, 0.15) is 18.1 Å². The third-order valence-corrected chi connectivity index (χ3v) is 5.78. The molecular weight excluding hydrogens is 314 g/mol. The van der Waals surface area contributed by atoms with Crippen LogP contribution in [0.15, 0.2) is 23.2 Å². The standard InChI is InChI=1S/C16H17N3O3S/c1-10(9-22-2)19-16-11(7-17)8-18-13-3-4-14-12(15(13)16)5-6-23(14,20)21/h3-4,8,10H,5-6,9H2,1-2H3,(H,18,19). The maximum Gasteiger partial charge on any atom is 0.179 e. The lowest BCUT2D eigenvalue weighted by Crippen LogP contribution is -2.21. The van der Waals surface area contributed by atoms with E-state index in [1.807, 2.05) is 6.92 Å². The van der Waals surface area contributed by atoms with Gasteiger partial charge in [-0.1, -0.05) is 0 Å². The van der Waals surface area contributed by atoms with Crippen molar-refractivity contribution in [2.75, 3.05) is 24.8 Å². The summed E-state index contributed by atoms with van der Waals surface area (Å²) in [6.45, 7) is 2.42. The number of benzene rings is 1. The molecule has 0 aliphatic carbocycles. The maximum atomic E-state index is 12.2. The van der Waals surface area contributed by atoms with Crippen molar-refractivity contribution >= 4 is 26.4 Å². The topological polar surface area (TPSA) is 92.1 Å². The number of ether oxygens (including phenoxy) is 1. The zero-order valence-electron chi connectivity index (χ0n) is 13.0. The number of aromatic nitrogens is 1. The molecule has 1 aliphatic rings. The molecule has 0 spiro atoms. The normalized spacial score (nSPS) is 16.7. The molecular formula is C16H17N3O3S. The summed E-state index contributed by atoms with van der Waals surface area (Å²) in [5.41, 5.74) is 2.47. The smallest absolute Gasteiger partial charge is 0.179 e. The minimum Gasteiger partial charge on any atom is -0.383 e. The van der Waals surface area contributed by atoms with Crippen LogP contribution in [-0.2, 0) is 21.0 Å². The Morgan fingerprint density at radius 3 is 2.96 bits per heavy atom. The van der Waals surface area contributed by atoms with E-state index in [1.54, 1.807) is 19.2 Å². The largest absolute Gasteiger partial charge is 0.383 e. The van der Waals surface area contributed by atoms with E-state index in [2.05, 4.69) is 16.4 Å². The Kier molecular flexibility index (Phi) is 3.96. The van der Waals surface area contributed by atoms with Gasteiger partial charge < -0.3 is 10.1 Å². The first-order chi connectivity index (χ1) is 11.0. The number of anilines is 1. The van der Waals surface area contributed by atoms with Gasteiger partial charge in [0.05, 0.1) is 34.0 Å². The molecule has 23 heavy (non-hydrogen) atoms. The van der Waals surface area contributed by atoms with Gasteiger partial charge in [-0.05, 0) is 31.0 Å². The highest BCUT2D eigenvalue weighted by atomic mass is 32.2. The third kappa shape index (κ3) is 2.64. The number of hydrogen-bond acceptors (Lipinski definition) is 6. The first-order valence-corrected chi connectivity index (χ1v) is 8.96. The van der Waals surface area contributed by atoms with Crippen molar-refractivity contribution < 1.29 is 13.2 Å². The first-order valence-electron chi connectivity index (χ1n) is 7.31. The summed E-state index contributed by atoms with van der Waals surface area (Å²) in [7, 11) is -1.63. The van der Waals surface area contributed by atoms with Gasteiger partial charge in [0.25, 0.3) is 0 Å². The summed E-state index contributed by atoms with van der Waals surface area (Å²) < 4.78 is 29.5. The number of sulfone groups is 1. The maximum absolute atomic E-state index is 12.2. The molecule has 6 nitrogen and oxygen atoms in total. The molecule has 0 amide bonds. The Morgan fingerprint density at radius 2 is 2.26 bits per heavy atom. The van der Waals surface area contributed by atoms with Crippen LogP contribution in [0.25, 0.3) is 10.9 Å². The highest BCUT2D eigenvalue weighted by Crippen LogP contribution is 2.37. The summed E-state index contributed by atoms with van der Waals surface area (Å²) in [5.74, 6) is 0.102. The second kappa shape index (κ2) is 5.80. The van der Waals surface area contributed by atoms with E-state index in [9.17, 15) is 13.7 Å². The fourth-order valence-corrected chi connectivity index (χ4v) is 4.54. The first kappa shape index (κ1) is 15.7. The van der Waals surface area contributed by atoms with Crippen LogP contribution >= 0.6 is 0 Å². The number of nitriles is 1. The zero-order chi connectivity index (χ0) is 16.6. The van der Waals surface area contributed by atoms with E-state index in [0.29, 0.717) is 34.7 Å². The van der Waals surface area contributed by atoms with E-state index in [4.69, 9.17) is 4.74 Å². The van der Waals surface area contributed by atoms with Crippen LogP contribution in [0.3, 0.4) is 0 Å². The van der Waals surface area contributed by atoms with Crippen LogP contribution in [0.2, 0.25) is 0 Å². The van der Waals surface area contributed by atoms with Crippen LogP contribution in [-0.4, -0.2) is 38.9 Å². The van der Waals surface area contributed by atoms with Gasteiger partial charge >= 0.3 is 0 Å².